The Kier molecular flexibility index (Phi) is 3.11. The molecule has 0 aliphatic rings. The van der Waals surface area contributed by atoms with E-state index in [1.165, 1.54) is 22.7 Å². The number of thiazole rings is 1. The van der Waals surface area contributed by atoms with E-state index in [0.717, 1.165) is 19.3 Å². The number of amides is 1. The van der Waals surface area contributed by atoms with Crippen molar-refractivity contribution in [2.24, 2.45) is 5.73 Å². The molecule has 0 spiro atoms. The van der Waals surface area contributed by atoms with Crippen LogP contribution in [-0.4, -0.2) is 20.7 Å². The first-order valence-electron chi connectivity index (χ1n) is 5.76. The Morgan fingerprint density at radius 3 is 2.95 bits per heavy atom. The monoisotopic (exact) mass is 306 g/mol. The fraction of sp³-hybridized carbons (Fsp3) is 0.167. The summed E-state index contributed by atoms with van der Waals surface area (Å²) in [5.41, 5.74) is 5.78. The third kappa shape index (κ3) is 2.12. The van der Waals surface area contributed by atoms with E-state index in [1.54, 1.807) is 0 Å². The second-order valence-corrected chi connectivity index (χ2v) is 6.32. The van der Waals surface area contributed by atoms with Crippen molar-refractivity contribution in [3.8, 4) is 10.6 Å². The molecule has 8 heteroatoms. The number of hydrogen-bond acceptors (Lipinski definition) is 6. The minimum absolute atomic E-state index is 0.246. The first kappa shape index (κ1) is 12.9. The number of hydrogen-bond donors (Lipinski definition) is 1. The summed E-state index contributed by atoms with van der Waals surface area (Å²) in [5, 5.41) is 7.00. The van der Waals surface area contributed by atoms with Gasteiger partial charge in [0.2, 0.25) is 5.91 Å². The summed E-state index contributed by atoms with van der Waals surface area (Å²) in [6.45, 7) is 1.59. The Bertz CT molecular complexity index is 848. The number of nitrogens with two attached hydrogens (primary N) is 1. The molecule has 0 aliphatic carbocycles. The molecule has 102 valence electrons. The number of aromatic nitrogens is 3. The molecule has 0 bridgehead atoms. The fourth-order valence-corrected chi connectivity index (χ4v) is 3.58. The summed E-state index contributed by atoms with van der Waals surface area (Å²) in [7, 11) is 0. The number of rotatable bonds is 3. The van der Waals surface area contributed by atoms with E-state index in [4.69, 9.17) is 5.73 Å². The topological polar surface area (TPSA) is 90.9 Å². The summed E-state index contributed by atoms with van der Waals surface area (Å²) >= 11 is 2.94. The number of primary amides is 1. The molecule has 0 saturated heterocycles. The Morgan fingerprint density at radius 1 is 1.50 bits per heavy atom. The average Bonchev–Trinajstić information content (AvgIpc) is 3.01. The highest BCUT2D eigenvalue weighted by Gasteiger charge is 2.17. The predicted octanol–water partition coefficient (Wildman–Crippen LogP) is 1.38. The van der Waals surface area contributed by atoms with Crippen molar-refractivity contribution in [3.05, 3.63) is 32.9 Å². The number of carbonyl (C=O) groups excluding carboxylic acids is 1. The van der Waals surface area contributed by atoms with E-state index in [9.17, 15) is 9.59 Å². The highest BCUT2D eigenvalue weighted by molar-refractivity contribution is 7.20. The normalized spacial score (nSPS) is 11.1. The van der Waals surface area contributed by atoms with Crippen LogP contribution in [0, 0.1) is 6.92 Å². The van der Waals surface area contributed by atoms with Gasteiger partial charge in [0.25, 0.3) is 5.56 Å². The SMILES string of the molecule is Cc1nc2c(=O)n(CC(N)=O)nc(-c3cccs3)c2s1. The number of fused-ring (bicyclic) bond motifs is 1. The largest absolute Gasteiger partial charge is 0.368 e. The maximum Gasteiger partial charge on any atom is 0.294 e. The van der Waals surface area contributed by atoms with Gasteiger partial charge < -0.3 is 5.73 Å². The van der Waals surface area contributed by atoms with Crippen molar-refractivity contribution < 1.29 is 4.79 Å². The molecule has 3 aromatic heterocycles. The van der Waals surface area contributed by atoms with Crippen LogP contribution in [0.3, 0.4) is 0 Å². The Hall–Kier alpha value is -2.06. The lowest BCUT2D eigenvalue weighted by Gasteiger charge is -2.05. The minimum Gasteiger partial charge on any atom is -0.368 e. The smallest absolute Gasteiger partial charge is 0.294 e. The van der Waals surface area contributed by atoms with Gasteiger partial charge in [-0.25, -0.2) is 9.67 Å². The zero-order valence-corrected chi connectivity index (χ0v) is 12.1. The molecule has 3 aromatic rings. The summed E-state index contributed by atoms with van der Waals surface area (Å²) in [6.07, 6.45) is 0. The molecule has 20 heavy (non-hydrogen) atoms. The third-order valence-electron chi connectivity index (χ3n) is 2.67. The van der Waals surface area contributed by atoms with E-state index in [-0.39, 0.29) is 12.1 Å². The number of thiophene rings is 1. The molecule has 0 saturated carbocycles. The molecule has 2 N–H and O–H groups in total. The summed E-state index contributed by atoms with van der Waals surface area (Å²) in [5.74, 6) is -0.608. The quantitative estimate of drug-likeness (QED) is 0.791. The molecule has 3 heterocycles. The molecule has 0 fully saturated rings. The van der Waals surface area contributed by atoms with Crippen molar-refractivity contribution in [2.45, 2.75) is 13.5 Å². The molecule has 0 aromatic carbocycles. The van der Waals surface area contributed by atoms with Crippen molar-refractivity contribution >= 4 is 38.8 Å². The van der Waals surface area contributed by atoms with E-state index < -0.39 is 5.91 Å². The van der Waals surface area contributed by atoms with E-state index >= 15 is 0 Å². The van der Waals surface area contributed by atoms with E-state index in [2.05, 4.69) is 10.1 Å². The molecule has 3 rings (SSSR count). The van der Waals surface area contributed by atoms with Gasteiger partial charge in [0.05, 0.1) is 14.6 Å². The van der Waals surface area contributed by atoms with Crippen molar-refractivity contribution in [1.82, 2.24) is 14.8 Å². The van der Waals surface area contributed by atoms with Gasteiger partial charge in [0.15, 0.2) is 5.52 Å². The molecule has 0 unspecified atom stereocenters. The van der Waals surface area contributed by atoms with Crippen LogP contribution in [0.4, 0.5) is 0 Å². The minimum atomic E-state index is -0.608. The average molecular weight is 306 g/mol. The highest BCUT2D eigenvalue weighted by atomic mass is 32.1. The van der Waals surface area contributed by atoms with Crippen LogP contribution in [-0.2, 0) is 11.3 Å². The van der Waals surface area contributed by atoms with Crippen molar-refractivity contribution in [2.75, 3.05) is 0 Å². The lowest BCUT2D eigenvalue weighted by molar-refractivity contribution is -0.118. The van der Waals surface area contributed by atoms with Gasteiger partial charge in [-0.15, -0.1) is 22.7 Å². The van der Waals surface area contributed by atoms with Crippen LogP contribution in [0.15, 0.2) is 22.3 Å². The Morgan fingerprint density at radius 2 is 2.30 bits per heavy atom. The summed E-state index contributed by atoms with van der Waals surface area (Å²) in [4.78, 5) is 28.5. The van der Waals surface area contributed by atoms with Crippen LogP contribution in [0.5, 0.6) is 0 Å². The lowest BCUT2D eigenvalue weighted by Crippen LogP contribution is -2.30. The van der Waals surface area contributed by atoms with Gasteiger partial charge in [0.1, 0.15) is 12.2 Å². The predicted molar refractivity (Wildman–Crippen MR) is 78.9 cm³/mol. The zero-order chi connectivity index (χ0) is 14.3. The molecule has 0 radical (unpaired) electrons. The number of nitrogens with zero attached hydrogens (tertiary/aromatic N) is 3. The van der Waals surface area contributed by atoms with Crippen molar-refractivity contribution in [1.29, 1.82) is 0 Å². The second kappa shape index (κ2) is 4.80. The highest BCUT2D eigenvalue weighted by Crippen LogP contribution is 2.31. The summed E-state index contributed by atoms with van der Waals surface area (Å²) < 4.78 is 1.83. The van der Waals surface area contributed by atoms with Crippen LogP contribution < -0.4 is 11.3 Å². The van der Waals surface area contributed by atoms with Gasteiger partial charge >= 0.3 is 0 Å². The van der Waals surface area contributed by atoms with Crippen LogP contribution in [0.1, 0.15) is 5.01 Å². The molecule has 6 nitrogen and oxygen atoms in total. The summed E-state index contributed by atoms with van der Waals surface area (Å²) in [6, 6.07) is 3.82. The number of carbonyl (C=O) groups is 1. The van der Waals surface area contributed by atoms with Crippen LogP contribution >= 0.6 is 22.7 Å². The van der Waals surface area contributed by atoms with Gasteiger partial charge in [-0.2, -0.15) is 5.10 Å². The fourth-order valence-electron chi connectivity index (χ4n) is 1.90. The van der Waals surface area contributed by atoms with Crippen LogP contribution in [0.25, 0.3) is 20.8 Å². The second-order valence-electron chi connectivity index (χ2n) is 4.17. The van der Waals surface area contributed by atoms with Crippen molar-refractivity contribution in [3.63, 3.8) is 0 Å². The van der Waals surface area contributed by atoms with E-state index in [0.29, 0.717) is 11.2 Å². The number of aryl methyl sites for hydroxylation is 1. The maximum atomic E-state index is 12.2. The lowest BCUT2D eigenvalue weighted by atomic mass is 10.3. The molecular weight excluding hydrogens is 296 g/mol. The molecular formula is C12H10N4O2S2. The van der Waals surface area contributed by atoms with Gasteiger partial charge in [-0.3, -0.25) is 9.59 Å². The van der Waals surface area contributed by atoms with E-state index in [1.807, 2.05) is 24.4 Å². The van der Waals surface area contributed by atoms with Gasteiger partial charge in [-0.05, 0) is 18.4 Å². The third-order valence-corrected chi connectivity index (χ3v) is 4.52. The molecule has 0 atom stereocenters. The Labute approximate surface area is 121 Å². The maximum absolute atomic E-state index is 12.2. The molecule has 1 amide bonds. The first-order chi connectivity index (χ1) is 9.56. The van der Waals surface area contributed by atoms with Gasteiger partial charge in [-0.1, -0.05) is 6.07 Å². The standard InChI is InChI=1S/C12H10N4O2S2/c1-6-14-10-11(20-6)9(7-3-2-4-19-7)15-16(12(10)18)5-8(13)17/h2-4H,5H2,1H3,(H2,13,17). The Balaban J connectivity index is 2.35. The van der Waals surface area contributed by atoms with Crippen LogP contribution in [0.2, 0.25) is 0 Å². The molecule has 0 aliphatic heterocycles. The first-order valence-corrected chi connectivity index (χ1v) is 7.46. The van der Waals surface area contributed by atoms with Gasteiger partial charge in [0, 0.05) is 0 Å². The zero-order valence-electron chi connectivity index (χ0n) is 10.5.